The van der Waals surface area contributed by atoms with Crippen LogP contribution in [0.2, 0.25) is 0 Å². The van der Waals surface area contributed by atoms with Gasteiger partial charge < -0.3 is 14.8 Å². The van der Waals surface area contributed by atoms with Gasteiger partial charge in [0.1, 0.15) is 6.04 Å². The van der Waals surface area contributed by atoms with E-state index in [9.17, 15) is 9.59 Å². The number of alkyl carbamates (subject to hydrolysis) is 1. The Morgan fingerprint density at radius 3 is 2.09 bits per heavy atom. The minimum Gasteiger partial charge on any atom is -0.464 e. The molecule has 1 amide bonds. The van der Waals surface area contributed by atoms with Gasteiger partial charge in [0.25, 0.3) is 0 Å². The first-order valence-corrected chi connectivity index (χ1v) is 9.11. The lowest BCUT2D eigenvalue weighted by atomic mass is 10.0. The second-order valence-corrected chi connectivity index (χ2v) is 6.40. The number of rotatable bonds is 13. The van der Waals surface area contributed by atoms with E-state index < -0.39 is 12.1 Å². The molecule has 0 aliphatic heterocycles. The lowest BCUT2D eigenvalue weighted by molar-refractivity contribution is -0.146. The molecular weight excluding hydrogens is 294 g/mol. The van der Waals surface area contributed by atoms with Crippen LogP contribution in [0.4, 0.5) is 4.79 Å². The molecule has 5 nitrogen and oxygen atoms in total. The minimum absolute atomic E-state index is 0.285. The average Bonchev–Trinajstić information content (AvgIpc) is 2.49. The SMILES string of the molecule is CCCCCCCOC(=O)[C@H](CC(C)C)NC(=O)OCCCC. The number of hydrogen-bond donors (Lipinski definition) is 1. The molecule has 0 spiro atoms. The van der Waals surface area contributed by atoms with Gasteiger partial charge in [-0.2, -0.15) is 0 Å². The molecule has 23 heavy (non-hydrogen) atoms. The van der Waals surface area contributed by atoms with Crippen molar-refractivity contribution in [1.82, 2.24) is 5.32 Å². The van der Waals surface area contributed by atoms with Crippen LogP contribution in [-0.4, -0.2) is 31.3 Å². The van der Waals surface area contributed by atoms with Gasteiger partial charge in [0.05, 0.1) is 13.2 Å². The molecule has 0 rings (SSSR count). The fourth-order valence-corrected chi connectivity index (χ4v) is 2.16. The lowest BCUT2D eigenvalue weighted by Gasteiger charge is -2.19. The van der Waals surface area contributed by atoms with Crippen LogP contribution in [0.25, 0.3) is 0 Å². The van der Waals surface area contributed by atoms with Gasteiger partial charge in [-0.3, -0.25) is 0 Å². The number of amides is 1. The molecule has 1 atom stereocenters. The van der Waals surface area contributed by atoms with Crippen molar-refractivity contribution >= 4 is 12.1 Å². The third-order valence-corrected chi connectivity index (χ3v) is 3.51. The third kappa shape index (κ3) is 12.9. The zero-order valence-corrected chi connectivity index (χ0v) is 15.4. The van der Waals surface area contributed by atoms with Crippen LogP contribution < -0.4 is 5.32 Å². The fourth-order valence-electron chi connectivity index (χ4n) is 2.16. The Hall–Kier alpha value is -1.26. The van der Waals surface area contributed by atoms with Gasteiger partial charge in [-0.25, -0.2) is 9.59 Å². The van der Waals surface area contributed by atoms with Gasteiger partial charge in [-0.1, -0.05) is 59.8 Å². The van der Waals surface area contributed by atoms with Gasteiger partial charge in [0.2, 0.25) is 0 Å². The quantitative estimate of drug-likeness (QED) is 0.401. The molecule has 136 valence electrons. The van der Waals surface area contributed by atoms with E-state index in [1.54, 1.807) is 0 Å². The predicted octanol–water partition coefficient (Wildman–Crippen LogP) is 4.44. The maximum atomic E-state index is 12.1. The van der Waals surface area contributed by atoms with Crippen LogP contribution in [0.5, 0.6) is 0 Å². The highest BCUT2D eigenvalue weighted by Gasteiger charge is 2.23. The molecule has 0 radical (unpaired) electrons. The number of carbonyl (C=O) groups excluding carboxylic acids is 2. The molecular formula is C18H35NO4. The first-order valence-electron chi connectivity index (χ1n) is 9.11. The second-order valence-electron chi connectivity index (χ2n) is 6.40. The van der Waals surface area contributed by atoms with Crippen molar-refractivity contribution in [1.29, 1.82) is 0 Å². The molecule has 0 aromatic rings. The summed E-state index contributed by atoms with van der Waals surface area (Å²) in [6.45, 7) is 9.01. The van der Waals surface area contributed by atoms with Crippen molar-refractivity contribution in [2.45, 2.75) is 85.1 Å². The van der Waals surface area contributed by atoms with Gasteiger partial charge in [-0.05, 0) is 25.2 Å². The van der Waals surface area contributed by atoms with Crippen molar-refractivity contribution in [3.63, 3.8) is 0 Å². The summed E-state index contributed by atoms with van der Waals surface area (Å²) < 4.78 is 10.4. The Morgan fingerprint density at radius 2 is 1.48 bits per heavy atom. The van der Waals surface area contributed by atoms with Gasteiger partial charge in [0.15, 0.2) is 0 Å². The summed E-state index contributed by atoms with van der Waals surface area (Å²) in [5, 5.41) is 2.63. The van der Waals surface area contributed by atoms with E-state index in [1.807, 2.05) is 20.8 Å². The minimum atomic E-state index is -0.625. The number of ether oxygens (including phenoxy) is 2. The summed E-state index contributed by atoms with van der Waals surface area (Å²) in [6.07, 6.45) is 7.33. The first kappa shape index (κ1) is 21.7. The molecule has 0 aromatic carbocycles. The zero-order valence-electron chi connectivity index (χ0n) is 15.4. The standard InChI is InChI=1S/C18H35NO4/c1-5-7-9-10-11-13-22-17(20)16(14-15(3)4)19-18(21)23-12-8-6-2/h15-16H,5-14H2,1-4H3,(H,19,21)/t16-/m0/s1. The van der Waals surface area contributed by atoms with Crippen LogP contribution in [-0.2, 0) is 14.3 Å². The van der Waals surface area contributed by atoms with Gasteiger partial charge >= 0.3 is 12.1 Å². The molecule has 1 N–H and O–H groups in total. The maximum absolute atomic E-state index is 12.1. The fraction of sp³-hybridized carbons (Fsp3) is 0.889. The van der Waals surface area contributed by atoms with E-state index in [4.69, 9.17) is 9.47 Å². The third-order valence-electron chi connectivity index (χ3n) is 3.51. The molecule has 0 aromatic heterocycles. The predicted molar refractivity (Wildman–Crippen MR) is 92.4 cm³/mol. The number of nitrogens with one attached hydrogen (secondary N) is 1. The molecule has 0 saturated heterocycles. The van der Waals surface area contributed by atoms with Gasteiger partial charge in [0, 0.05) is 0 Å². The Labute approximate surface area is 141 Å². The molecule has 0 saturated carbocycles. The molecule has 0 fully saturated rings. The molecule has 0 bridgehead atoms. The summed E-state index contributed by atoms with van der Waals surface area (Å²) in [4.78, 5) is 23.9. The van der Waals surface area contributed by atoms with Crippen molar-refractivity contribution in [3.8, 4) is 0 Å². The van der Waals surface area contributed by atoms with E-state index >= 15 is 0 Å². The van der Waals surface area contributed by atoms with Crippen LogP contribution in [0, 0.1) is 5.92 Å². The zero-order chi connectivity index (χ0) is 17.5. The molecule has 0 heterocycles. The molecule has 0 aliphatic carbocycles. The normalized spacial score (nSPS) is 12.0. The van der Waals surface area contributed by atoms with Gasteiger partial charge in [-0.15, -0.1) is 0 Å². The van der Waals surface area contributed by atoms with E-state index in [0.29, 0.717) is 19.6 Å². The monoisotopic (exact) mass is 329 g/mol. The van der Waals surface area contributed by atoms with Crippen LogP contribution in [0.3, 0.4) is 0 Å². The van der Waals surface area contributed by atoms with Crippen molar-refractivity contribution < 1.29 is 19.1 Å². The summed E-state index contributed by atoms with van der Waals surface area (Å²) in [7, 11) is 0. The Bertz CT molecular complexity index is 318. The van der Waals surface area contributed by atoms with E-state index in [0.717, 1.165) is 25.7 Å². The molecule has 0 unspecified atom stereocenters. The molecule has 5 heteroatoms. The number of esters is 1. The summed E-state index contributed by atoms with van der Waals surface area (Å²) in [5.41, 5.74) is 0. The van der Waals surface area contributed by atoms with Crippen LogP contribution >= 0.6 is 0 Å². The van der Waals surface area contributed by atoms with Crippen LogP contribution in [0.1, 0.15) is 79.1 Å². The van der Waals surface area contributed by atoms with E-state index in [2.05, 4.69) is 12.2 Å². The van der Waals surface area contributed by atoms with Crippen molar-refractivity contribution in [2.24, 2.45) is 5.92 Å². The highest BCUT2D eigenvalue weighted by Crippen LogP contribution is 2.08. The lowest BCUT2D eigenvalue weighted by Crippen LogP contribution is -2.43. The Balaban J connectivity index is 4.14. The number of carbonyl (C=O) groups is 2. The van der Waals surface area contributed by atoms with Crippen molar-refractivity contribution in [2.75, 3.05) is 13.2 Å². The highest BCUT2D eigenvalue weighted by atomic mass is 16.6. The first-order chi connectivity index (χ1) is 11.0. The summed E-state index contributed by atoms with van der Waals surface area (Å²) in [6, 6.07) is -0.625. The second kappa shape index (κ2) is 14.3. The maximum Gasteiger partial charge on any atom is 0.407 e. The smallest absolute Gasteiger partial charge is 0.407 e. The van der Waals surface area contributed by atoms with E-state index in [-0.39, 0.29) is 11.9 Å². The van der Waals surface area contributed by atoms with Crippen LogP contribution in [0.15, 0.2) is 0 Å². The summed E-state index contributed by atoms with van der Waals surface area (Å²) >= 11 is 0. The Morgan fingerprint density at radius 1 is 0.870 bits per heavy atom. The largest absolute Gasteiger partial charge is 0.464 e. The van der Waals surface area contributed by atoms with E-state index in [1.165, 1.54) is 19.3 Å². The topological polar surface area (TPSA) is 64.6 Å². The van der Waals surface area contributed by atoms with Crippen molar-refractivity contribution in [3.05, 3.63) is 0 Å². The number of hydrogen-bond acceptors (Lipinski definition) is 4. The Kier molecular flexibility index (Phi) is 13.6. The number of unbranched alkanes of at least 4 members (excludes halogenated alkanes) is 5. The summed E-state index contributed by atoms with van der Waals surface area (Å²) in [5.74, 6) is -0.0744. The highest BCUT2D eigenvalue weighted by molar-refractivity contribution is 5.81. The molecule has 0 aliphatic rings. The average molecular weight is 329 g/mol.